The summed E-state index contributed by atoms with van der Waals surface area (Å²) < 4.78 is 31.2. The number of ether oxygens (including phenoxy) is 2. The molecule has 0 aromatic heterocycles. The summed E-state index contributed by atoms with van der Waals surface area (Å²) >= 11 is 0. The van der Waals surface area contributed by atoms with Crippen molar-refractivity contribution in [1.29, 1.82) is 0 Å². The lowest BCUT2D eigenvalue weighted by Gasteiger charge is -2.08. The fourth-order valence-electron chi connectivity index (χ4n) is 0.853. The molecule has 88 valence electrons. The van der Waals surface area contributed by atoms with Crippen LogP contribution in [-0.4, -0.2) is 40.9 Å². The average Bonchev–Trinajstić information content (AvgIpc) is 2.12. The van der Waals surface area contributed by atoms with Gasteiger partial charge in [0.25, 0.3) is 0 Å². The summed E-state index contributed by atoms with van der Waals surface area (Å²) in [6, 6.07) is -0.748. The SMILES string of the molecule is COC(=O)C[C@H](N)/C=C(\OC)S(C)(=O)=O. The molecule has 0 bridgehead atoms. The largest absolute Gasteiger partial charge is 0.487 e. The molecule has 0 heterocycles. The van der Waals surface area contributed by atoms with E-state index in [0.29, 0.717) is 0 Å². The molecule has 15 heavy (non-hydrogen) atoms. The fraction of sp³-hybridized carbons (Fsp3) is 0.625. The normalized spacial score (nSPS) is 14.5. The molecule has 0 saturated carbocycles. The van der Waals surface area contributed by atoms with Crippen LogP contribution in [0.3, 0.4) is 0 Å². The van der Waals surface area contributed by atoms with Gasteiger partial charge in [0.2, 0.25) is 14.9 Å². The minimum atomic E-state index is -3.45. The second-order valence-electron chi connectivity index (χ2n) is 2.91. The molecule has 6 nitrogen and oxygen atoms in total. The van der Waals surface area contributed by atoms with Gasteiger partial charge in [-0.15, -0.1) is 0 Å². The summed E-state index contributed by atoms with van der Waals surface area (Å²) in [5, 5.41) is -0.251. The van der Waals surface area contributed by atoms with E-state index in [-0.39, 0.29) is 11.5 Å². The van der Waals surface area contributed by atoms with E-state index in [1.165, 1.54) is 20.3 Å². The van der Waals surface area contributed by atoms with Crippen LogP contribution in [0, 0.1) is 0 Å². The van der Waals surface area contributed by atoms with Crippen molar-refractivity contribution in [2.75, 3.05) is 20.5 Å². The van der Waals surface area contributed by atoms with Gasteiger partial charge >= 0.3 is 5.97 Å². The van der Waals surface area contributed by atoms with E-state index in [1.54, 1.807) is 0 Å². The molecule has 1 atom stereocenters. The number of methoxy groups -OCH3 is 2. The van der Waals surface area contributed by atoms with E-state index in [4.69, 9.17) is 5.73 Å². The number of carbonyl (C=O) groups is 1. The van der Waals surface area contributed by atoms with Crippen molar-refractivity contribution in [2.24, 2.45) is 5.73 Å². The zero-order valence-corrected chi connectivity index (χ0v) is 9.71. The van der Waals surface area contributed by atoms with Crippen LogP contribution in [0.15, 0.2) is 11.2 Å². The molecular formula is C8H15NO5S. The third-order valence-corrected chi connectivity index (χ3v) is 2.58. The molecule has 0 aliphatic rings. The Kier molecular flexibility index (Phi) is 5.31. The van der Waals surface area contributed by atoms with E-state index in [9.17, 15) is 13.2 Å². The molecule has 0 radical (unpaired) electrons. The number of nitrogens with two attached hydrogens (primary N) is 1. The highest BCUT2D eigenvalue weighted by molar-refractivity contribution is 7.94. The number of carbonyl (C=O) groups excluding carboxylic acids is 1. The summed E-state index contributed by atoms with van der Waals surface area (Å²) in [4.78, 5) is 10.8. The van der Waals surface area contributed by atoms with E-state index in [2.05, 4.69) is 9.47 Å². The van der Waals surface area contributed by atoms with Gasteiger partial charge in [-0.25, -0.2) is 8.42 Å². The maximum absolute atomic E-state index is 11.1. The van der Waals surface area contributed by atoms with Gasteiger partial charge in [0.1, 0.15) is 0 Å². The molecule has 7 heteroatoms. The Morgan fingerprint density at radius 2 is 1.93 bits per heavy atom. The van der Waals surface area contributed by atoms with Gasteiger partial charge in [0.15, 0.2) is 0 Å². The molecule has 0 spiro atoms. The molecule has 0 saturated heterocycles. The molecule has 0 aliphatic carbocycles. The smallest absolute Gasteiger partial charge is 0.307 e. The van der Waals surface area contributed by atoms with Crippen LogP contribution in [0.25, 0.3) is 0 Å². The molecule has 0 fully saturated rings. The average molecular weight is 237 g/mol. The molecule has 0 amide bonds. The molecular weight excluding hydrogens is 222 g/mol. The summed E-state index contributed by atoms with van der Waals surface area (Å²) in [6.07, 6.45) is 2.07. The summed E-state index contributed by atoms with van der Waals surface area (Å²) in [5.74, 6) is -0.511. The molecule has 2 N–H and O–H groups in total. The van der Waals surface area contributed by atoms with Gasteiger partial charge in [-0.2, -0.15) is 0 Å². The van der Waals surface area contributed by atoms with Gasteiger partial charge < -0.3 is 15.2 Å². The monoisotopic (exact) mass is 237 g/mol. The predicted molar refractivity (Wildman–Crippen MR) is 54.5 cm³/mol. The minimum absolute atomic E-state index is 0.0983. The Morgan fingerprint density at radius 1 is 1.40 bits per heavy atom. The van der Waals surface area contributed by atoms with E-state index >= 15 is 0 Å². The van der Waals surface area contributed by atoms with Crippen molar-refractivity contribution in [1.82, 2.24) is 0 Å². The molecule has 0 aliphatic heterocycles. The zero-order chi connectivity index (χ0) is 12.1. The minimum Gasteiger partial charge on any atom is -0.487 e. The lowest BCUT2D eigenvalue weighted by atomic mass is 10.2. The number of sulfone groups is 1. The van der Waals surface area contributed by atoms with Crippen LogP contribution in [0.5, 0.6) is 0 Å². The number of rotatable bonds is 5. The summed E-state index contributed by atoms with van der Waals surface area (Å²) in [5.41, 5.74) is 5.50. The molecule has 0 aromatic rings. The van der Waals surface area contributed by atoms with Crippen molar-refractivity contribution in [3.8, 4) is 0 Å². The van der Waals surface area contributed by atoms with Gasteiger partial charge in [-0.3, -0.25) is 4.79 Å². The van der Waals surface area contributed by atoms with E-state index in [0.717, 1.165) is 6.26 Å². The predicted octanol–water partition coefficient (Wildman–Crippen LogP) is -0.591. The third-order valence-electron chi connectivity index (χ3n) is 1.55. The Labute approximate surface area is 89.0 Å². The quantitative estimate of drug-likeness (QED) is 0.507. The van der Waals surface area contributed by atoms with Crippen molar-refractivity contribution >= 4 is 15.8 Å². The maximum Gasteiger partial charge on any atom is 0.307 e. The van der Waals surface area contributed by atoms with Crippen LogP contribution >= 0.6 is 0 Å². The van der Waals surface area contributed by atoms with Crippen molar-refractivity contribution in [3.63, 3.8) is 0 Å². The molecule has 0 unspecified atom stereocenters. The van der Waals surface area contributed by atoms with E-state index in [1.807, 2.05) is 0 Å². The molecule has 0 rings (SSSR count). The van der Waals surface area contributed by atoms with Crippen LogP contribution < -0.4 is 5.73 Å². The highest BCUT2D eigenvalue weighted by atomic mass is 32.2. The first kappa shape index (κ1) is 13.9. The fourth-order valence-corrected chi connectivity index (χ4v) is 1.58. The number of esters is 1. The zero-order valence-electron chi connectivity index (χ0n) is 8.89. The van der Waals surface area contributed by atoms with Crippen LogP contribution in [0.2, 0.25) is 0 Å². The summed E-state index contributed by atoms with van der Waals surface area (Å²) in [6.45, 7) is 0. The first-order chi connectivity index (χ1) is 6.81. The number of hydrogen-bond donors (Lipinski definition) is 1. The van der Waals surface area contributed by atoms with E-state index < -0.39 is 21.8 Å². The molecule has 0 aromatic carbocycles. The Morgan fingerprint density at radius 3 is 2.27 bits per heavy atom. The lowest BCUT2D eigenvalue weighted by Crippen LogP contribution is -2.23. The standard InChI is InChI=1S/C8H15NO5S/c1-13-7(10)4-6(9)5-8(14-2)15(3,11)12/h5-6H,4,9H2,1-3H3/b8-5+/t6-/m0/s1. The van der Waals surface area contributed by atoms with Gasteiger partial charge in [-0.1, -0.05) is 0 Å². The second kappa shape index (κ2) is 5.72. The van der Waals surface area contributed by atoms with Gasteiger partial charge in [-0.05, 0) is 6.08 Å². The topological polar surface area (TPSA) is 95.7 Å². The maximum atomic E-state index is 11.1. The van der Waals surface area contributed by atoms with Crippen LogP contribution in [-0.2, 0) is 24.1 Å². The number of hydrogen-bond acceptors (Lipinski definition) is 6. The van der Waals surface area contributed by atoms with Crippen LogP contribution in [0.1, 0.15) is 6.42 Å². The van der Waals surface area contributed by atoms with Gasteiger partial charge in [0.05, 0.1) is 20.6 Å². The van der Waals surface area contributed by atoms with Crippen LogP contribution in [0.4, 0.5) is 0 Å². The first-order valence-corrected chi connectivity index (χ1v) is 5.98. The van der Waals surface area contributed by atoms with Crippen molar-refractivity contribution in [2.45, 2.75) is 12.5 Å². The first-order valence-electron chi connectivity index (χ1n) is 4.09. The Bertz CT molecular complexity index is 346. The third kappa shape index (κ3) is 5.38. The van der Waals surface area contributed by atoms with Crippen molar-refractivity contribution in [3.05, 3.63) is 11.2 Å². The highest BCUT2D eigenvalue weighted by Crippen LogP contribution is 2.07. The lowest BCUT2D eigenvalue weighted by molar-refractivity contribution is -0.140. The Balaban J connectivity index is 4.65. The second-order valence-corrected chi connectivity index (χ2v) is 4.85. The Hall–Kier alpha value is -1.08. The summed E-state index contributed by atoms with van der Waals surface area (Å²) in [7, 11) is -0.997. The van der Waals surface area contributed by atoms with Crippen molar-refractivity contribution < 1.29 is 22.7 Å². The highest BCUT2D eigenvalue weighted by Gasteiger charge is 2.15. The van der Waals surface area contributed by atoms with Gasteiger partial charge in [0, 0.05) is 12.3 Å².